The molecule has 23 heavy (non-hydrogen) atoms. The van der Waals surface area contributed by atoms with Crippen LogP contribution in [0.1, 0.15) is 30.4 Å². The minimum atomic E-state index is -0.760. The Balaban J connectivity index is 2.20. The van der Waals surface area contributed by atoms with Crippen molar-refractivity contribution in [3.05, 3.63) is 50.5 Å². The number of fused-ring (bicyclic) bond motifs is 1. The van der Waals surface area contributed by atoms with Gasteiger partial charge in [-0.05, 0) is 17.9 Å². The number of benzene rings is 1. The van der Waals surface area contributed by atoms with Crippen LogP contribution in [0.3, 0.4) is 0 Å². The van der Waals surface area contributed by atoms with Crippen molar-refractivity contribution in [2.75, 3.05) is 11.1 Å². The lowest BCUT2D eigenvalue weighted by molar-refractivity contribution is -0.116. The first-order chi connectivity index (χ1) is 11.0. The van der Waals surface area contributed by atoms with Gasteiger partial charge < -0.3 is 10.3 Å². The number of aromatic nitrogens is 2. The molecule has 0 radical (unpaired) electrons. The molecule has 1 aliphatic rings. The molecule has 0 saturated heterocycles. The van der Waals surface area contributed by atoms with E-state index in [0.29, 0.717) is 5.16 Å². The summed E-state index contributed by atoms with van der Waals surface area (Å²) < 4.78 is 14.2. The third-order valence-corrected chi connectivity index (χ3v) is 4.64. The standard InChI is InChI=1S/C15H13ClFN3O2S/c1-2-23-15-19-13-12(14(22)20-15)7(6-10(21)18-13)11-8(16)4-3-5-9(11)17/h3-5,7H,2,6H2,1H3,(H2,18,19,20,21,22)/t7-/m0/s1. The Morgan fingerprint density at radius 3 is 2.87 bits per heavy atom. The van der Waals surface area contributed by atoms with Crippen LogP contribution in [-0.2, 0) is 4.79 Å². The number of halogens is 2. The van der Waals surface area contributed by atoms with E-state index in [4.69, 9.17) is 11.6 Å². The molecule has 1 aliphatic heterocycles. The van der Waals surface area contributed by atoms with Crippen LogP contribution in [0.15, 0.2) is 28.2 Å². The molecule has 1 amide bonds. The molecule has 2 N–H and O–H groups in total. The first-order valence-electron chi connectivity index (χ1n) is 7.02. The molecule has 0 aliphatic carbocycles. The number of hydrogen-bond acceptors (Lipinski definition) is 4. The van der Waals surface area contributed by atoms with E-state index in [1.54, 1.807) is 0 Å². The highest BCUT2D eigenvalue weighted by molar-refractivity contribution is 7.99. The molecule has 2 heterocycles. The van der Waals surface area contributed by atoms with Gasteiger partial charge in [-0.3, -0.25) is 9.59 Å². The summed E-state index contributed by atoms with van der Waals surface area (Å²) in [6, 6.07) is 4.28. The zero-order chi connectivity index (χ0) is 16.6. The van der Waals surface area contributed by atoms with E-state index in [9.17, 15) is 14.0 Å². The highest BCUT2D eigenvalue weighted by atomic mass is 35.5. The van der Waals surface area contributed by atoms with Crippen LogP contribution in [-0.4, -0.2) is 21.6 Å². The number of thioether (sulfide) groups is 1. The lowest BCUT2D eigenvalue weighted by Crippen LogP contribution is -2.31. The predicted octanol–water partition coefficient (Wildman–Crippen LogP) is 3.15. The maximum absolute atomic E-state index is 14.2. The van der Waals surface area contributed by atoms with Crippen molar-refractivity contribution in [2.45, 2.75) is 24.4 Å². The van der Waals surface area contributed by atoms with Gasteiger partial charge in [-0.2, -0.15) is 0 Å². The highest BCUT2D eigenvalue weighted by Crippen LogP contribution is 2.38. The van der Waals surface area contributed by atoms with Gasteiger partial charge in [0.2, 0.25) is 5.91 Å². The smallest absolute Gasteiger partial charge is 0.257 e. The SMILES string of the molecule is CCSc1nc2c(c(=O)[nH]1)[C@H](c1c(F)cccc1Cl)CC(=O)N2. The zero-order valence-electron chi connectivity index (χ0n) is 12.2. The molecule has 1 atom stereocenters. The molecule has 3 rings (SSSR count). The van der Waals surface area contributed by atoms with E-state index in [2.05, 4.69) is 15.3 Å². The van der Waals surface area contributed by atoms with Gasteiger partial charge in [0.25, 0.3) is 5.56 Å². The average Bonchev–Trinajstić information content (AvgIpc) is 2.46. The molecule has 0 unspecified atom stereocenters. The first-order valence-corrected chi connectivity index (χ1v) is 8.38. The van der Waals surface area contributed by atoms with Gasteiger partial charge in [0.05, 0.1) is 5.56 Å². The molecule has 0 bridgehead atoms. The second kappa shape index (κ2) is 6.33. The molecule has 0 saturated carbocycles. The molecule has 0 fully saturated rings. The zero-order valence-corrected chi connectivity index (χ0v) is 13.7. The van der Waals surface area contributed by atoms with Gasteiger partial charge in [0.1, 0.15) is 11.6 Å². The Hall–Kier alpha value is -1.86. The summed E-state index contributed by atoms with van der Waals surface area (Å²) >= 11 is 7.45. The average molecular weight is 354 g/mol. The summed E-state index contributed by atoms with van der Waals surface area (Å²) in [5, 5.41) is 3.19. The minimum Gasteiger partial charge on any atom is -0.310 e. The Morgan fingerprint density at radius 2 is 2.17 bits per heavy atom. The minimum absolute atomic E-state index is 0.0569. The molecule has 120 valence electrons. The van der Waals surface area contributed by atoms with Crippen molar-refractivity contribution in [1.82, 2.24) is 9.97 Å². The molecule has 5 nitrogen and oxygen atoms in total. The number of amides is 1. The van der Waals surface area contributed by atoms with E-state index in [1.165, 1.54) is 30.0 Å². The number of hydrogen-bond donors (Lipinski definition) is 2. The summed E-state index contributed by atoms with van der Waals surface area (Å²) in [6.45, 7) is 1.92. The number of nitrogens with zero attached hydrogens (tertiary/aromatic N) is 1. The number of H-pyrrole nitrogens is 1. The summed E-state index contributed by atoms with van der Waals surface area (Å²) in [4.78, 5) is 31.4. The van der Waals surface area contributed by atoms with Gasteiger partial charge in [0.15, 0.2) is 5.16 Å². The summed E-state index contributed by atoms with van der Waals surface area (Å²) in [6.07, 6.45) is -0.0569. The van der Waals surface area contributed by atoms with Crippen LogP contribution in [0, 0.1) is 5.82 Å². The lowest BCUT2D eigenvalue weighted by atomic mass is 9.86. The fraction of sp³-hybridized carbons (Fsp3) is 0.267. The van der Waals surface area contributed by atoms with Gasteiger partial charge in [0, 0.05) is 22.9 Å². The van der Waals surface area contributed by atoms with Gasteiger partial charge in [-0.1, -0.05) is 36.4 Å². The maximum atomic E-state index is 14.2. The molecular formula is C15H13ClFN3O2S. The van der Waals surface area contributed by atoms with E-state index in [-0.39, 0.29) is 34.3 Å². The van der Waals surface area contributed by atoms with Crippen molar-refractivity contribution in [1.29, 1.82) is 0 Å². The van der Waals surface area contributed by atoms with Crippen molar-refractivity contribution >= 4 is 35.1 Å². The van der Waals surface area contributed by atoms with Crippen molar-refractivity contribution in [2.24, 2.45) is 0 Å². The Labute approximate surface area is 140 Å². The van der Waals surface area contributed by atoms with E-state index in [0.717, 1.165) is 5.75 Å². The summed E-state index contributed by atoms with van der Waals surface area (Å²) in [5.41, 5.74) is -0.0132. The molecule has 8 heteroatoms. The molecule has 0 spiro atoms. The number of anilines is 1. The quantitative estimate of drug-likeness (QED) is 0.656. The molecular weight excluding hydrogens is 341 g/mol. The number of carbonyl (C=O) groups excluding carboxylic acids is 1. The second-order valence-corrected chi connectivity index (χ2v) is 6.67. The summed E-state index contributed by atoms with van der Waals surface area (Å²) in [7, 11) is 0. The Morgan fingerprint density at radius 1 is 1.39 bits per heavy atom. The second-order valence-electron chi connectivity index (χ2n) is 5.01. The number of rotatable bonds is 3. The van der Waals surface area contributed by atoms with Crippen LogP contribution >= 0.6 is 23.4 Å². The lowest BCUT2D eigenvalue weighted by Gasteiger charge is -2.25. The normalized spacial score (nSPS) is 16.8. The highest BCUT2D eigenvalue weighted by Gasteiger charge is 2.33. The van der Waals surface area contributed by atoms with Gasteiger partial charge in [-0.15, -0.1) is 0 Å². The van der Waals surface area contributed by atoms with Crippen molar-refractivity contribution in [3.8, 4) is 0 Å². The van der Waals surface area contributed by atoms with Crippen molar-refractivity contribution < 1.29 is 9.18 Å². The fourth-order valence-electron chi connectivity index (χ4n) is 2.65. The number of carbonyl (C=O) groups is 1. The van der Waals surface area contributed by atoms with Crippen LogP contribution < -0.4 is 10.9 Å². The predicted molar refractivity (Wildman–Crippen MR) is 87.8 cm³/mol. The molecule has 1 aromatic heterocycles. The van der Waals surface area contributed by atoms with E-state index in [1.807, 2.05) is 6.92 Å². The monoisotopic (exact) mass is 353 g/mol. The number of nitrogens with one attached hydrogen (secondary N) is 2. The maximum Gasteiger partial charge on any atom is 0.257 e. The Kier molecular flexibility index (Phi) is 4.41. The van der Waals surface area contributed by atoms with E-state index < -0.39 is 17.3 Å². The van der Waals surface area contributed by atoms with Crippen LogP contribution in [0.5, 0.6) is 0 Å². The summed E-state index contributed by atoms with van der Waals surface area (Å²) in [5.74, 6) is -0.741. The molecule has 2 aromatic rings. The topological polar surface area (TPSA) is 74.8 Å². The van der Waals surface area contributed by atoms with E-state index >= 15 is 0 Å². The molecule has 1 aromatic carbocycles. The Bertz CT molecular complexity index is 820. The third-order valence-electron chi connectivity index (χ3n) is 3.56. The first kappa shape index (κ1) is 16.0. The number of aromatic amines is 1. The van der Waals surface area contributed by atoms with Crippen LogP contribution in [0.25, 0.3) is 0 Å². The third kappa shape index (κ3) is 2.98. The van der Waals surface area contributed by atoms with Crippen molar-refractivity contribution in [3.63, 3.8) is 0 Å². The fourth-order valence-corrected chi connectivity index (χ4v) is 3.53. The van der Waals surface area contributed by atoms with Crippen LogP contribution in [0.4, 0.5) is 10.2 Å². The largest absolute Gasteiger partial charge is 0.310 e. The van der Waals surface area contributed by atoms with Gasteiger partial charge >= 0.3 is 0 Å². The van der Waals surface area contributed by atoms with Crippen LogP contribution in [0.2, 0.25) is 5.02 Å². The van der Waals surface area contributed by atoms with Gasteiger partial charge in [-0.25, -0.2) is 9.37 Å².